The first-order valence-electron chi connectivity index (χ1n) is 6.38. The number of carbonyl (C=O) groups is 1. The van der Waals surface area contributed by atoms with Crippen molar-refractivity contribution in [3.8, 4) is 6.07 Å². The molecule has 3 N–H and O–H groups in total. The van der Waals surface area contributed by atoms with E-state index in [4.69, 9.17) is 11.0 Å². The van der Waals surface area contributed by atoms with Crippen molar-refractivity contribution in [3.63, 3.8) is 0 Å². The third-order valence-corrected chi connectivity index (χ3v) is 3.57. The van der Waals surface area contributed by atoms with Gasteiger partial charge in [0.15, 0.2) is 5.60 Å². The fourth-order valence-electron chi connectivity index (χ4n) is 2.47. The van der Waals surface area contributed by atoms with Crippen LogP contribution in [0.5, 0.6) is 0 Å². The van der Waals surface area contributed by atoms with Gasteiger partial charge in [0.05, 0.1) is 5.56 Å². The molecule has 0 spiro atoms. The lowest BCUT2D eigenvalue weighted by atomic mass is 9.92. The van der Waals surface area contributed by atoms with E-state index in [2.05, 4.69) is 0 Å². The van der Waals surface area contributed by atoms with E-state index < -0.39 is 17.3 Å². The molecule has 0 radical (unpaired) electrons. The second kappa shape index (κ2) is 5.57. The lowest BCUT2D eigenvalue weighted by Crippen LogP contribution is -2.55. The first kappa shape index (κ1) is 14.4. The number of hydrogen-bond acceptors (Lipinski definition) is 4. The number of aliphatic hydroxyl groups is 1. The van der Waals surface area contributed by atoms with Crippen LogP contribution in [0.25, 0.3) is 0 Å². The minimum absolute atomic E-state index is 0.000958. The Hall–Kier alpha value is -1.97. The smallest absolute Gasteiger partial charge is 0.250 e. The highest BCUT2D eigenvalue weighted by Crippen LogP contribution is 2.22. The number of benzene rings is 1. The molecule has 106 valence electrons. The molecule has 0 aliphatic carbocycles. The van der Waals surface area contributed by atoms with Crippen molar-refractivity contribution < 1.29 is 14.3 Å². The number of halogens is 1. The second-order valence-electron chi connectivity index (χ2n) is 5.14. The van der Waals surface area contributed by atoms with Gasteiger partial charge in [-0.1, -0.05) is 6.07 Å². The van der Waals surface area contributed by atoms with Crippen molar-refractivity contribution in [2.24, 2.45) is 5.73 Å². The molecule has 0 bridgehead atoms. The number of carbonyl (C=O) groups excluding carboxylic acids is 1. The first-order valence-corrected chi connectivity index (χ1v) is 6.38. The van der Waals surface area contributed by atoms with E-state index in [0.29, 0.717) is 31.5 Å². The SMILES string of the molecule is N#Cc1ccc(CN2CCCC(O)(C(N)=O)C2)cc1F. The fraction of sp³-hybridized carbons (Fsp3) is 0.429. The maximum atomic E-state index is 13.5. The number of hydrogen-bond donors (Lipinski definition) is 2. The standard InChI is InChI=1S/C14H16FN3O2/c15-12-6-10(2-3-11(12)7-16)8-18-5-1-4-14(20,9-18)13(17)19/h2-3,6,20H,1,4-5,8-9H2,(H2,17,19). The maximum absolute atomic E-state index is 13.5. The molecule has 2 rings (SSSR count). The maximum Gasteiger partial charge on any atom is 0.250 e. The summed E-state index contributed by atoms with van der Waals surface area (Å²) < 4.78 is 13.5. The summed E-state index contributed by atoms with van der Waals surface area (Å²) in [4.78, 5) is 13.1. The molecule has 1 aromatic rings. The van der Waals surface area contributed by atoms with Gasteiger partial charge in [0.25, 0.3) is 5.91 Å². The highest BCUT2D eigenvalue weighted by atomic mass is 19.1. The van der Waals surface area contributed by atoms with Gasteiger partial charge in [0, 0.05) is 13.1 Å². The van der Waals surface area contributed by atoms with Crippen LogP contribution in [-0.2, 0) is 11.3 Å². The van der Waals surface area contributed by atoms with Crippen molar-refractivity contribution in [1.29, 1.82) is 5.26 Å². The van der Waals surface area contributed by atoms with Gasteiger partial charge in [-0.05, 0) is 37.1 Å². The lowest BCUT2D eigenvalue weighted by Gasteiger charge is -2.37. The Bertz CT molecular complexity index is 570. The van der Waals surface area contributed by atoms with Crippen molar-refractivity contribution in [2.75, 3.05) is 13.1 Å². The monoisotopic (exact) mass is 277 g/mol. The van der Waals surface area contributed by atoms with Gasteiger partial charge in [-0.3, -0.25) is 9.69 Å². The van der Waals surface area contributed by atoms with E-state index in [-0.39, 0.29) is 12.1 Å². The number of piperidine rings is 1. The second-order valence-corrected chi connectivity index (χ2v) is 5.14. The molecule has 1 unspecified atom stereocenters. The summed E-state index contributed by atoms with van der Waals surface area (Å²) in [5, 5.41) is 18.8. The fourth-order valence-corrected chi connectivity index (χ4v) is 2.47. The molecule has 1 saturated heterocycles. The third kappa shape index (κ3) is 2.95. The van der Waals surface area contributed by atoms with Gasteiger partial charge >= 0.3 is 0 Å². The minimum Gasteiger partial charge on any atom is -0.379 e. The average molecular weight is 277 g/mol. The van der Waals surface area contributed by atoms with E-state index >= 15 is 0 Å². The van der Waals surface area contributed by atoms with Gasteiger partial charge in [0.1, 0.15) is 11.9 Å². The highest BCUT2D eigenvalue weighted by Gasteiger charge is 2.38. The Labute approximate surface area is 116 Å². The molecule has 1 atom stereocenters. The number of nitrogens with zero attached hydrogens (tertiary/aromatic N) is 2. The molecule has 1 aliphatic heterocycles. The molecule has 1 fully saturated rings. The molecule has 20 heavy (non-hydrogen) atoms. The zero-order valence-electron chi connectivity index (χ0n) is 11.0. The zero-order valence-corrected chi connectivity index (χ0v) is 11.0. The van der Waals surface area contributed by atoms with E-state index in [1.165, 1.54) is 12.1 Å². The number of nitriles is 1. The number of amides is 1. The van der Waals surface area contributed by atoms with Crippen molar-refractivity contribution in [3.05, 3.63) is 35.1 Å². The minimum atomic E-state index is -1.51. The first-order chi connectivity index (χ1) is 9.44. The molecule has 1 heterocycles. The number of rotatable bonds is 3. The quantitative estimate of drug-likeness (QED) is 0.842. The predicted octanol–water partition coefficient (Wildman–Crippen LogP) is 0.510. The van der Waals surface area contributed by atoms with Crippen LogP contribution >= 0.6 is 0 Å². The summed E-state index contributed by atoms with van der Waals surface area (Å²) in [5.74, 6) is -1.29. The number of likely N-dealkylation sites (tertiary alicyclic amines) is 1. The van der Waals surface area contributed by atoms with E-state index in [9.17, 15) is 14.3 Å². The van der Waals surface area contributed by atoms with Crippen molar-refractivity contribution in [1.82, 2.24) is 4.90 Å². The predicted molar refractivity (Wildman–Crippen MR) is 69.8 cm³/mol. The molecular formula is C14H16FN3O2. The normalized spacial score (nSPS) is 23.2. The molecule has 5 nitrogen and oxygen atoms in total. The lowest BCUT2D eigenvalue weighted by molar-refractivity contribution is -0.142. The Morgan fingerprint density at radius 3 is 2.95 bits per heavy atom. The molecule has 0 saturated carbocycles. The van der Waals surface area contributed by atoms with Crippen LogP contribution in [0.1, 0.15) is 24.0 Å². The highest BCUT2D eigenvalue weighted by molar-refractivity contribution is 5.83. The largest absolute Gasteiger partial charge is 0.379 e. The van der Waals surface area contributed by atoms with E-state index in [0.717, 1.165) is 0 Å². The van der Waals surface area contributed by atoms with Gasteiger partial charge in [0.2, 0.25) is 0 Å². The summed E-state index contributed by atoms with van der Waals surface area (Å²) in [6, 6.07) is 6.16. The molecule has 6 heteroatoms. The summed E-state index contributed by atoms with van der Waals surface area (Å²) in [5.41, 5.74) is 4.39. The van der Waals surface area contributed by atoms with Crippen LogP contribution < -0.4 is 5.73 Å². The topological polar surface area (TPSA) is 90.3 Å². The molecular weight excluding hydrogens is 261 g/mol. The van der Waals surface area contributed by atoms with Gasteiger partial charge in [-0.15, -0.1) is 0 Å². The molecule has 1 aliphatic rings. The van der Waals surface area contributed by atoms with Crippen LogP contribution in [0.3, 0.4) is 0 Å². The Morgan fingerprint density at radius 2 is 2.35 bits per heavy atom. The Kier molecular flexibility index (Phi) is 4.02. The summed E-state index contributed by atoms with van der Waals surface area (Å²) in [7, 11) is 0. The summed E-state index contributed by atoms with van der Waals surface area (Å²) in [6.07, 6.45) is 0.999. The number of nitrogens with two attached hydrogens (primary N) is 1. The third-order valence-electron chi connectivity index (χ3n) is 3.57. The molecule has 0 aromatic heterocycles. The molecule has 1 aromatic carbocycles. The van der Waals surface area contributed by atoms with E-state index in [1.54, 1.807) is 12.1 Å². The van der Waals surface area contributed by atoms with Crippen LogP contribution in [0, 0.1) is 17.1 Å². The van der Waals surface area contributed by atoms with Gasteiger partial charge < -0.3 is 10.8 Å². The Morgan fingerprint density at radius 1 is 1.60 bits per heavy atom. The van der Waals surface area contributed by atoms with Gasteiger partial charge in [-0.25, -0.2) is 4.39 Å². The van der Waals surface area contributed by atoms with Crippen molar-refractivity contribution in [2.45, 2.75) is 25.0 Å². The van der Waals surface area contributed by atoms with Crippen LogP contribution in [-0.4, -0.2) is 34.6 Å². The summed E-state index contributed by atoms with van der Waals surface area (Å²) >= 11 is 0. The van der Waals surface area contributed by atoms with E-state index in [1.807, 2.05) is 4.90 Å². The zero-order chi connectivity index (χ0) is 14.8. The van der Waals surface area contributed by atoms with Gasteiger partial charge in [-0.2, -0.15) is 5.26 Å². The van der Waals surface area contributed by atoms with Crippen LogP contribution in [0.2, 0.25) is 0 Å². The molecule has 1 amide bonds. The summed E-state index contributed by atoms with van der Waals surface area (Å²) in [6.45, 7) is 1.25. The van der Waals surface area contributed by atoms with Crippen molar-refractivity contribution >= 4 is 5.91 Å². The van der Waals surface area contributed by atoms with Crippen LogP contribution in [0.4, 0.5) is 4.39 Å². The van der Waals surface area contributed by atoms with Crippen LogP contribution in [0.15, 0.2) is 18.2 Å². The Balaban J connectivity index is 2.09. The average Bonchev–Trinajstić information content (AvgIpc) is 2.39. The number of primary amides is 1. The number of β-amino-alcohol motifs (C(OH)–C–C–N with tert-alkyl or cyclic N) is 1.